The second-order valence-electron chi connectivity index (χ2n) is 22.2. The highest BCUT2D eigenvalue weighted by molar-refractivity contribution is 7.70. The fraction of sp³-hybridized carbons (Fsp3) is 0.727. The summed E-state index contributed by atoms with van der Waals surface area (Å²) >= 11 is 0. The normalized spacial score (nSPS) is 15.0. The van der Waals surface area contributed by atoms with Gasteiger partial charge in [0.1, 0.15) is 0 Å². The molecule has 0 N–H and O–H groups in total. The third-order valence-electron chi connectivity index (χ3n) is 8.54. The molecule has 2 aromatic carbocycles. The summed E-state index contributed by atoms with van der Waals surface area (Å²) < 4.78 is 0. The number of benzene rings is 2. The molecule has 2 rings (SSSR count). The van der Waals surface area contributed by atoms with Crippen LogP contribution in [-0.4, -0.2) is 41.2 Å². The van der Waals surface area contributed by atoms with Crippen molar-refractivity contribution in [3.63, 3.8) is 0 Å². The molecule has 0 aliphatic carbocycles. The molecule has 2 aromatic rings. The van der Waals surface area contributed by atoms with E-state index in [0.29, 0.717) is 0 Å². The standard InChI is InChI=1S/C44H78P4/c1-37(2,3)45(38(4,5)6)33-25-31(26-34(29-33)46(39(7,8)9)40(10,11)12)32-27-35(47(41(13,14)15)42(16,17)18)30-36(28-32)48(43(19,20)21)44(22,23)24/h25-30H,1-24H3. The quantitative estimate of drug-likeness (QED) is 0.269. The molecule has 48 heavy (non-hydrogen) atoms. The lowest BCUT2D eigenvalue weighted by Gasteiger charge is -2.45. The van der Waals surface area contributed by atoms with Gasteiger partial charge in [0.15, 0.2) is 0 Å². The fourth-order valence-electron chi connectivity index (χ4n) is 9.16. The summed E-state index contributed by atoms with van der Waals surface area (Å²) in [6.07, 6.45) is 0. The van der Waals surface area contributed by atoms with Crippen molar-refractivity contribution in [2.75, 3.05) is 0 Å². The molecule has 0 saturated carbocycles. The Bertz CT molecular complexity index is 1130. The monoisotopic (exact) mass is 731 g/mol. The van der Waals surface area contributed by atoms with E-state index >= 15 is 0 Å². The van der Waals surface area contributed by atoms with Gasteiger partial charge in [-0.1, -0.05) is 198 Å². The fourth-order valence-corrected chi connectivity index (χ4v) is 25.8. The van der Waals surface area contributed by atoms with Gasteiger partial charge in [0.05, 0.1) is 0 Å². The zero-order valence-corrected chi connectivity index (χ0v) is 39.8. The van der Waals surface area contributed by atoms with Gasteiger partial charge in [-0.2, -0.15) is 0 Å². The molecule has 0 fully saturated rings. The van der Waals surface area contributed by atoms with Crippen molar-refractivity contribution in [2.45, 2.75) is 207 Å². The van der Waals surface area contributed by atoms with Gasteiger partial charge in [-0.05, 0) is 110 Å². The number of hydrogen-bond acceptors (Lipinski definition) is 0. The van der Waals surface area contributed by atoms with Crippen LogP contribution >= 0.6 is 31.7 Å². The summed E-state index contributed by atoms with van der Waals surface area (Å²) in [4.78, 5) is 0. The van der Waals surface area contributed by atoms with Crippen LogP contribution in [0.25, 0.3) is 11.1 Å². The Balaban J connectivity index is 3.31. The van der Waals surface area contributed by atoms with Gasteiger partial charge in [-0.15, -0.1) is 0 Å². The predicted molar refractivity (Wildman–Crippen MR) is 236 cm³/mol. The SMILES string of the molecule is CC(C)(C)P(c1cc(-c2cc(P(C(C)(C)C)C(C)(C)C)cc(P(C(C)(C)C)C(C)(C)C)c2)cc(P(C(C)(C)C)C(C)(C)C)c1)C(C)(C)C. The second kappa shape index (κ2) is 14.2. The Labute approximate surface area is 306 Å². The zero-order valence-electron chi connectivity index (χ0n) is 36.3. The minimum absolute atomic E-state index is 0.197. The van der Waals surface area contributed by atoms with E-state index in [1.54, 1.807) is 21.2 Å². The van der Waals surface area contributed by atoms with Crippen LogP contribution in [-0.2, 0) is 0 Å². The zero-order chi connectivity index (χ0) is 38.0. The van der Waals surface area contributed by atoms with Crippen LogP contribution in [0.4, 0.5) is 0 Å². The smallest absolute Gasteiger partial charge is 0.0134 e. The largest absolute Gasteiger partial charge is 0.0642 e. The third kappa shape index (κ3) is 11.1. The van der Waals surface area contributed by atoms with Crippen LogP contribution in [0.1, 0.15) is 166 Å². The summed E-state index contributed by atoms with van der Waals surface area (Å²) in [5.41, 5.74) is 2.87. The first-order chi connectivity index (χ1) is 20.9. The molecule has 0 saturated heterocycles. The van der Waals surface area contributed by atoms with Crippen LogP contribution in [0.2, 0.25) is 0 Å². The Kier molecular flexibility index (Phi) is 13.1. The van der Waals surface area contributed by atoms with E-state index in [9.17, 15) is 0 Å². The Morgan fingerprint density at radius 1 is 0.229 bits per heavy atom. The maximum absolute atomic E-state index is 2.67. The first-order valence-corrected chi connectivity index (χ1v) is 23.8. The molecule has 0 aromatic heterocycles. The van der Waals surface area contributed by atoms with Crippen molar-refractivity contribution in [1.29, 1.82) is 0 Å². The van der Waals surface area contributed by atoms with Crippen molar-refractivity contribution in [1.82, 2.24) is 0 Å². The molecule has 0 bridgehead atoms. The molecule has 0 aliphatic rings. The lowest BCUT2D eigenvalue weighted by atomic mass is 10.1. The number of hydrogen-bond donors (Lipinski definition) is 0. The van der Waals surface area contributed by atoms with Gasteiger partial charge >= 0.3 is 0 Å². The van der Waals surface area contributed by atoms with Crippen LogP contribution in [0.5, 0.6) is 0 Å². The van der Waals surface area contributed by atoms with Crippen LogP contribution in [0.3, 0.4) is 0 Å². The first kappa shape index (κ1) is 44.3. The summed E-state index contributed by atoms with van der Waals surface area (Å²) in [6.45, 7) is 59.5. The Morgan fingerprint density at radius 3 is 0.458 bits per heavy atom. The molecule has 4 heteroatoms. The average molecular weight is 731 g/mol. The van der Waals surface area contributed by atoms with Gasteiger partial charge in [0.25, 0.3) is 0 Å². The first-order valence-electron chi connectivity index (χ1n) is 18.4. The maximum Gasteiger partial charge on any atom is -0.0134 e. The lowest BCUT2D eigenvalue weighted by molar-refractivity contribution is 0.713. The molecule has 0 nitrogen and oxygen atoms in total. The molecule has 0 unspecified atom stereocenters. The minimum atomic E-state index is -0.453. The van der Waals surface area contributed by atoms with Crippen LogP contribution in [0.15, 0.2) is 36.4 Å². The summed E-state index contributed by atoms with van der Waals surface area (Å²) in [6, 6.07) is 15.9. The molecular weight excluding hydrogens is 652 g/mol. The summed E-state index contributed by atoms with van der Waals surface area (Å²) in [7, 11) is -1.81. The second-order valence-corrected chi connectivity index (χ2v) is 37.7. The average Bonchev–Trinajstić information content (AvgIpc) is 2.70. The van der Waals surface area contributed by atoms with Gasteiger partial charge in [-0.3, -0.25) is 0 Å². The maximum atomic E-state index is 2.67. The van der Waals surface area contributed by atoms with Crippen molar-refractivity contribution >= 4 is 52.9 Å². The van der Waals surface area contributed by atoms with E-state index < -0.39 is 31.7 Å². The van der Waals surface area contributed by atoms with Crippen molar-refractivity contribution in [3.8, 4) is 11.1 Å². The molecule has 274 valence electrons. The minimum Gasteiger partial charge on any atom is -0.0642 e. The van der Waals surface area contributed by atoms with Gasteiger partial charge in [-0.25, -0.2) is 0 Å². The molecule has 0 amide bonds. The highest BCUT2D eigenvalue weighted by Crippen LogP contribution is 2.63. The molecule has 0 spiro atoms. The van der Waals surface area contributed by atoms with E-state index in [4.69, 9.17) is 0 Å². The molecule has 0 radical (unpaired) electrons. The van der Waals surface area contributed by atoms with E-state index in [1.165, 1.54) is 11.1 Å². The molecular formula is C44H78P4. The highest BCUT2D eigenvalue weighted by atomic mass is 31.1. The van der Waals surface area contributed by atoms with E-state index in [2.05, 4.69) is 203 Å². The van der Waals surface area contributed by atoms with Gasteiger partial charge < -0.3 is 0 Å². The topological polar surface area (TPSA) is 0 Å². The molecule has 0 atom stereocenters. The highest BCUT2D eigenvalue weighted by Gasteiger charge is 2.41. The van der Waals surface area contributed by atoms with E-state index in [0.717, 1.165) is 0 Å². The van der Waals surface area contributed by atoms with Crippen LogP contribution < -0.4 is 21.2 Å². The Morgan fingerprint density at radius 2 is 0.354 bits per heavy atom. The lowest BCUT2D eigenvalue weighted by Crippen LogP contribution is -2.36. The summed E-state index contributed by atoms with van der Waals surface area (Å²) in [5, 5.41) is 7.88. The van der Waals surface area contributed by atoms with E-state index in [-0.39, 0.29) is 41.2 Å². The van der Waals surface area contributed by atoms with Crippen molar-refractivity contribution in [3.05, 3.63) is 36.4 Å². The molecule has 0 aliphatic heterocycles. The van der Waals surface area contributed by atoms with E-state index in [1.807, 2.05) is 0 Å². The van der Waals surface area contributed by atoms with Gasteiger partial charge in [0, 0.05) is 0 Å². The third-order valence-corrected chi connectivity index (χ3v) is 22.4. The van der Waals surface area contributed by atoms with Crippen molar-refractivity contribution in [2.24, 2.45) is 0 Å². The molecule has 0 heterocycles. The van der Waals surface area contributed by atoms with Gasteiger partial charge in [0.2, 0.25) is 0 Å². The van der Waals surface area contributed by atoms with Crippen molar-refractivity contribution < 1.29 is 0 Å². The van der Waals surface area contributed by atoms with Crippen LogP contribution in [0, 0.1) is 0 Å². The summed E-state index contributed by atoms with van der Waals surface area (Å²) in [5.74, 6) is 0. The Hall–Kier alpha value is 0.160. The number of rotatable bonds is 5. The predicted octanol–water partition coefficient (Wildman–Crippen LogP) is 14.2.